The summed E-state index contributed by atoms with van der Waals surface area (Å²) in [4.78, 5) is 0. The average Bonchev–Trinajstić information content (AvgIpc) is 2.53. The molecule has 1 aromatic rings. The molecule has 0 aromatic carbocycles. The summed E-state index contributed by atoms with van der Waals surface area (Å²) in [6, 6.07) is 3.89. The molecule has 2 atom stereocenters. The second kappa shape index (κ2) is 3.68. The lowest BCUT2D eigenvalue weighted by atomic mass is 10.2. The number of halogens is 1. The van der Waals surface area contributed by atoms with Crippen LogP contribution in [0.5, 0.6) is 0 Å². The zero-order valence-corrected chi connectivity index (χ0v) is 7.28. The Morgan fingerprint density at radius 2 is 2.38 bits per heavy atom. The molecule has 13 heavy (non-hydrogen) atoms. The van der Waals surface area contributed by atoms with Crippen LogP contribution in [0.4, 0.5) is 10.2 Å². The molecule has 1 saturated carbocycles. The maximum absolute atomic E-state index is 12.8. The first-order valence-corrected chi connectivity index (χ1v) is 4.53. The minimum Gasteiger partial charge on any atom is -0.366 e. The van der Waals surface area contributed by atoms with Crippen molar-refractivity contribution in [1.29, 1.82) is 0 Å². The van der Waals surface area contributed by atoms with Crippen LogP contribution >= 0.6 is 0 Å². The minimum absolute atomic E-state index is 0.228. The SMILES string of the molecule is FC1CCC(Nc2cccnn2)C1. The van der Waals surface area contributed by atoms with E-state index in [1.54, 1.807) is 6.20 Å². The van der Waals surface area contributed by atoms with Gasteiger partial charge >= 0.3 is 0 Å². The fourth-order valence-electron chi connectivity index (χ4n) is 1.65. The summed E-state index contributed by atoms with van der Waals surface area (Å²) in [5, 5.41) is 10.8. The Kier molecular flexibility index (Phi) is 2.38. The van der Waals surface area contributed by atoms with Crippen LogP contribution in [0.15, 0.2) is 18.3 Å². The molecule has 1 aliphatic carbocycles. The molecule has 70 valence electrons. The largest absolute Gasteiger partial charge is 0.366 e. The van der Waals surface area contributed by atoms with Gasteiger partial charge < -0.3 is 5.32 Å². The molecule has 1 aromatic heterocycles. The molecule has 2 rings (SSSR count). The van der Waals surface area contributed by atoms with Crippen LogP contribution < -0.4 is 5.32 Å². The maximum Gasteiger partial charge on any atom is 0.148 e. The molecule has 1 heterocycles. The summed E-state index contributed by atoms with van der Waals surface area (Å²) in [7, 11) is 0. The highest BCUT2D eigenvalue weighted by Gasteiger charge is 2.23. The van der Waals surface area contributed by atoms with E-state index in [4.69, 9.17) is 0 Å². The van der Waals surface area contributed by atoms with Crippen LogP contribution in [0.2, 0.25) is 0 Å². The molecule has 3 nitrogen and oxygen atoms in total. The van der Waals surface area contributed by atoms with Crippen LogP contribution in [0.3, 0.4) is 0 Å². The molecule has 1 fully saturated rings. The van der Waals surface area contributed by atoms with Crippen molar-refractivity contribution in [3.05, 3.63) is 18.3 Å². The van der Waals surface area contributed by atoms with Crippen molar-refractivity contribution in [1.82, 2.24) is 10.2 Å². The van der Waals surface area contributed by atoms with E-state index < -0.39 is 6.17 Å². The summed E-state index contributed by atoms with van der Waals surface area (Å²) in [5.74, 6) is 0.738. The predicted molar refractivity (Wildman–Crippen MR) is 48.2 cm³/mol. The fourth-order valence-corrected chi connectivity index (χ4v) is 1.65. The van der Waals surface area contributed by atoms with Crippen LogP contribution in [0, 0.1) is 0 Å². The van der Waals surface area contributed by atoms with E-state index in [-0.39, 0.29) is 6.04 Å². The first-order chi connectivity index (χ1) is 6.34. The van der Waals surface area contributed by atoms with E-state index in [2.05, 4.69) is 15.5 Å². The van der Waals surface area contributed by atoms with E-state index in [0.717, 1.165) is 12.2 Å². The zero-order valence-electron chi connectivity index (χ0n) is 7.28. The Morgan fingerprint density at radius 1 is 1.46 bits per heavy atom. The Hall–Kier alpha value is -1.19. The smallest absolute Gasteiger partial charge is 0.148 e. The zero-order chi connectivity index (χ0) is 9.10. The lowest BCUT2D eigenvalue weighted by molar-refractivity contribution is 0.341. The fraction of sp³-hybridized carbons (Fsp3) is 0.556. The summed E-state index contributed by atoms with van der Waals surface area (Å²) >= 11 is 0. The molecule has 4 heteroatoms. The Bertz CT molecular complexity index is 265. The lowest BCUT2D eigenvalue weighted by Gasteiger charge is -2.10. The van der Waals surface area contributed by atoms with Crippen LogP contribution in [0.25, 0.3) is 0 Å². The van der Waals surface area contributed by atoms with Gasteiger partial charge in [-0.2, -0.15) is 5.10 Å². The number of hydrogen-bond acceptors (Lipinski definition) is 3. The Labute approximate surface area is 76.4 Å². The first kappa shape index (κ1) is 8.41. The van der Waals surface area contributed by atoms with E-state index in [0.29, 0.717) is 12.8 Å². The van der Waals surface area contributed by atoms with Crippen molar-refractivity contribution in [3.63, 3.8) is 0 Å². The van der Waals surface area contributed by atoms with Gasteiger partial charge in [0.05, 0.1) is 0 Å². The van der Waals surface area contributed by atoms with Gasteiger partial charge in [-0.15, -0.1) is 5.10 Å². The van der Waals surface area contributed by atoms with E-state index in [9.17, 15) is 4.39 Å². The molecule has 0 amide bonds. The molecular weight excluding hydrogens is 169 g/mol. The standard InChI is InChI=1S/C9H12FN3/c10-7-3-4-8(6-7)12-9-2-1-5-11-13-9/h1-2,5,7-8H,3-4,6H2,(H,12,13). The maximum atomic E-state index is 12.8. The lowest BCUT2D eigenvalue weighted by Crippen LogP contribution is -2.16. The van der Waals surface area contributed by atoms with Gasteiger partial charge in [0.1, 0.15) is 12.0 Å². The van der Waals surface area contributed by atoms with E-state index >= 15 is 0 Å². The van der Waals surface area contributed by atoms with Gasteiger partial charge in [-0.25, -0.2) is 4.39 Å². The molecule has 2 unspecified atom stereocenters. The van der Waals surface area contributed by atoms with Gasteiger partial charge in [0.15, 0.2) is 0 Å². The highest BCUT2D eigenvalue weighted by Crippen LogP contribution is 2.24. The van der Waals surface area contributed by atoms with Crippen LogP contribution in [-0.2, 0) is 0 Å². The summed E-state index contributed by atoms with van der Waals surface area (Å²) in [6.45, 7) is 0. The number of rotatable bonds is 2. The summed E-state index contributed by atoms with van der Waals surface area (Å²) in [6.07, 6.45) is 3.12. The first-order valence-electron chi connectivity index (χ1n) is 4.53. The molecule has 0 aliphatic heterocycles. The summed E-state index contributed by atoms with van der Waals surface area (Å²) < 4.78 is 12.8. The monoisotopic (exact) mass is 181 g/mol. The topological polar surface area (TPSA) is 37.8 Å². The Balaban J connectivity index is 1.92. The van der Waals surface area contributed by atoms with Crippen molar-refractivity contribution in [3.8, 4) is 0 Å². The summed E-state index contributed by atoms with van der Waals surface area (Å²) in [5.41, 5.74) is 0. The molecular formula is C9H12FN3. The molecule has 0 saturated heterocycles. The van der Waals surface area contributed by atoms with Crippen LogP contribution in [0.1, 0.15) is 19.3 Å². The number of anilines is 1. The second-order valence-corrected chi connectivity index (χ2v) is 3.36. The van der Waals surface area contributed by atoms with E-state index in [1.165, 1.54) is 0 Å². The van der Waals surface area contributed by atoms with Gasteiger partial charge in [0.2, 0.25) is 0 Å². The van der Waals surface area contributed by atoms with Gasteiger partial charge in [-0.3, -0.25) is 0 Å². The average molecular weight is 181 g/mol. The molecule has 0 bridgehead atoms. The third-order valence-corrected chi connectivity index (χ3v) is 2.29. The van der Waals surface area contributed by atoms with Gasteiger partial charge in [0.25, 0.3) is 0 Å². The predicted octanol–water partition coefficient (Wildman–Crippen LogP) is 1.78. The van der Waals surface area contributed by atoms with Gasteiger partial charge in [-0.1, -0.05) is 0 Å². The normalized spacial score (nSPS) is 27.5. The molecule has 0 spiro atoms. The van der Waals surface area contributed by atoms with Crippen molar-refractivity contribution in [2.45, 2.75) is 31.5 Å². The number of nitrogens with zero attached hydrogens (tertiary/aromatic N) is 2. The molecule has 1 aliphatic rings. The Morgan fingerprint density at radius 3 is 3.00 bits per heavy atom. The highest BCUT2D eigenvalue weighted by atomic mass is 19.1. The number of alkyl halides is 1. The number of nitrogens with one attached hydrogen (secondary N) is 1. The number of hydrogen-bond donors (Lipinski definition) is 1. The second-order valence-electron chi connectivity index (χ2n) is 3.36. The third kappa shape index (κ3) is 2.14. The number of aromatic nitrogens is 2. The van der Waals surface area contributed by atoms with E-state index in [1.807, 2.05) is 12.1 Å². The molecule has 0 radical (unpaired) electrons. The van der Waals surface area contributed by atoms with Crippen LogP contribution in [-0.4, -0.2) is 22.4 Å². The molecule has 1 N–H and O–H groups in total. The van der Waals surface area contributed by atoms with Gasteiger partial charge in [0, 0.05) is 12.2 Å². The van der Waals surface area contributed by atoms with Gasteiger partial charge in [-0.05, 0) is 31.4 Å². The van der Waals surface area contributed by atoms with Crippen molar-refractivity contribution < 1.29 is 4.39 Å². The minimum atomic E-state index is -0.644. The highest BCUT2D eigenvalue weighted by molar-refractivity contribution is 5.33. The van der Waals surface area contributed by atoms with Crippen molar-refractivity contribution >= 4 is 5.82 Å². The third-order valence-electron chi connectivity index (χ3n) is 2.29. The quantitative estimate of drug-likeness (QED) is 0.755. The van der Waals surface area contributed by atoms with Crippen molar-refractivity contribution in [2.24, 2.45) is 0 Å². The van der Waals surface area contributed by atoms with Crippen molar-refractivity contribution in [2.75, 3.05) is 5.32 Å².